The quantitative estimate of drug-likeness (QED) is 0.894. The van der Waals surface area contributed by atoms with Gasteiger partial charge in [-0.3, -0.25) is 14.7 Å². The van der Waals surface area contributed by atoms with Crippen molar-refractivity contribution in [3.63, 3.8) is 0 Å². The van der Waals surface area contributed by atoms with Crippen molar-refractivity contribution in [2.24, 2.45) is 0 Å². The van der Waals surface area contributed by atoms with Gasteiger partial charge in [-0.2, -0.15) is 0 Å². The van der Waals surface area contributed by atoms with Crippen LogP contribution in [0.3, 0.4) is 0 Å². The van der Waals surface area contributed by atoms with Gasteiger partial charge in [-0.05, 0) is 36.6 Å². The molecule has 1 saturated heterocycles. The predicted octanol–water partition coefficient (Wildman–Crippen LogP) is 2.58. The first-order chi connectivity index (χ1) is 12.8. The highest BCUT2D eigenvalue weighted by Gasteiger charge is 2.28. The summed E-state index contributed by atoms with van der Waals surface area (Å²) >= 11 is 0. The minimum atomic E-state index is 0.255. The molecule has 4 heterocycles. The van der Waals surface area contributed by atoms with Crippen molar-refractivity contribution in [2.75, 3.05) is 44.7 Å². The molecule has 1 N–H and O–H groups in total. The molecule has 2 aromatic rings. The molecule has 2 aliphatic heterocycles. The van der Waals surface area contributed by atoms with E-state index in [4.69, 9.17) is 4.74 Å². The lowest BCUT2D eigenvalue weighted by molar-refractivity contribution is 0.0398. The Bertz CT molecular complexity index is 779. The van der Waals surface area contributed by atoms with Gasteiger partial charge in [0.25, 0.3) is 0 Å². The number of morpholine rings is 1. The van der Waals surface area contributed by atoms with Crippen LogP contribution >= 0.6 is 0 Å². The van der Waals surface area contributed by atoms with Crippen LogP contribution in [0.2, 0.25) is 0 Å². The molecule has 6 nitrogen and oxygen atoms in total. The van der Waals surface area contributed by atoms with E-state index in [-0.39, 0.29) is 5.78 Å². The Labute approximate surface area is 154 Å². The summed E-state index contributed by atoms with van der Waals surface area (Å²) in [6, 6.07) is 4.04. The first-order valence-corrected chi connectivity index (χ1v) is 9.46. The van der Waals surface area contributed by atoms with Gasteiger partial charge in [0.2, 0.25) is 0 Å². The van der Waals surface area contributed by atoms with Gasteiger partial charge >= 0.3 is 0 Å². The van der Waals surface area contributed by atoms with Gasteiger partial charge in [0.1, 0.15) is 5.82 Å². The molecule has 0 saturated carbocycles. The van der Waals surface area contributed by atoms with E-state index in [0.29, 0.717) is 6.42 Å². The molecule has 0 radical (unpaired) electrons. The zero-order chi connectivity index (χ0) is 17.9. The Kier molecular flexibility index (Phi) is 5.04. The summed E-state index contributed by atoms with van der Waals surface area (Å²) in [7, 11) is 0. The number of carbonyl (C=O) groups is 1. The summed E-state index contributed by atoms with van der Waals surface area (Å²) in [6.45, 7) is 8.41. The van der Waals surface area contributed by atoms with Gasteiger partial charge in [0, 0.05) is 57.1 Å². The number of fused-ring (bicyclic) bond motifs is 1. The monoisotopic (exact) mass is 354 g/mol. The lowest BCUT2D eigenvalue weighted by Crippen LogP contribution is -2.39. The van der Waals surface area contributed by atoms with E-state index >= 15 is 0 Å². The van der Waals surface area contributed by atoms with Crippen LogP contribution in [0.4, 0.5) is 5.82 Å². The molecule has 26 heavy (non-hydrogen) atoms. The maximum atomic E-state index is 12.5. The molecule has 0 atom stereocenters. The minimum absolute atomic E-state index is 0.255. The van der Waals surface area contributed by atoms with Crippen molar-refractivity contribution < 1.29 is 9.53 Å². The summed E-state index contributed by atoms with van der Waals surface area (Å²) in [6.07, 6.45) is 5.18. The molecule has 0 unspecified atom stereocenters. The minimum Gasteiger partial charge on any atom is -0.379 e. The maximum absolute atomic E-state index is 12.5. The Hall–Kier alpha value is -2.18. The van der Waals surface area contributed by atoms with Crippen molar-refractivity contribution in [3.8, 4) is 11.1 Å². The van der Waals surface area contributed by atoms with Gasteiger partial charge in [-0.25, -0.2) is 0 Å². The second-order valence-corrected chi connectivity index (χ2v) is 6.99. The fourth-order valence-electron chi connectivity index (χ4n) is 4.06. The van der Waals surface area contributed by atoms with Gasteiger partial charge in [-0.1, -0.05) is 0 Å². The van der Waals surface area contributed by atoms with Gasteiger partial charge in [0.05, 0.1) is 18.9 Å². The van der Waals surface area contributed by atoms with Crippen LogP contribution in [0.5, 0.6) is 0 Å². The van der Waals surface area contributed by atoms with Crippen molar-refractivity contribution in [2.45, 2.75) is 26.3 Å². The number of Topliss-reactive ketones (excluding diaryl/α,β-unsaturated/α-hetero) is 1. The smallest absolute Gasteiger partial charge is 0.179 e. The Morgan fingerprint density at radius 2 is 1.96 bits per heavy atom. The number of hydrogen-bond acceptors (Lipinski definition) is 5. The van der Waals surface area contributed by atoms with Crippen LogP contribution in [-0.2, 0) is 11.3 Å². The number of aromatic nitrogens is 2. The second kappa shape index (κ2) is 7.60. The fourth-order valence-corrected chi connectivity index (χ4v) is 4.06. The largest absolute Gasteiger partial charge is 0.379 e. The van der Waals surface area contributed by atoms with Crippen molar-refractivity contribution in [1.29, 1.82) is 0 Å². The molecule has 0 amide bonds. The Morgan fingerprint density at radius 3 is 2.73 bits per heavy atom. The fraction of sp³-hybridized carbons (Fsp3) is 0.500. The summed E-state index contributed by atoms with van der Waals surface area (Å²) < 4.78 is 7.61. The Balaban J connectivity index is 1.63. The lowest BCUT2D eigenvalue weighted by Gasteiger charge is -2.27. The number of hydrogen-bond donors (Lipinski definition) is 1. The molecular formula is C20H26N4O2. The molecule has 2 aromatic heterocycles. The van der Waals surface area contributed by atoms with E-state index in [1.807, 2.05) is 24.5 Å². The number of carbonyl (C=O) groups excluding carboxylic acids is 1. The topological polar surface area (TPSA) is 59.4 Å². The normalized spacial score (nSPS) is 18.0. The van der Waals surface area contributed by atoms with Crippen molar-refractivity contribution >= 4 is 11.6 Å². The van der Waals surface area contributed by atoms with Crippen LogP contribution in [0, 0.1) is 6.92 Å². The standard InChI is InChI=1S/C20H26N4O2/c1-15-18(16-4-6-21-7-5-16)20(24-9-2-3-17(25)19(15)24)22-8-10-23-11-13-26-14-12-23/h4-7,22H,2-3,8-14H2,1H3. The van der Waals surface area contributed by atoms with Crippen molar-refractivity contribution in [1.82, 2.24) is 14.5 Å². The number of rotatable bonds is 5. The number of nitrogens with zero attached hydrogens (tertiary/aromatic N) is 3. The van der Waals surface area contributed by atoms with Gasteiger partial charge < -0.3 is 14.6 Å². The molecular weight excluding hydrogens is 328 g/mol. The average molecular weight is 354 g/mol. The molecule has 138 valence electrons. The SMILES string of the molecule is Cc1c(-c2ccncc2)c(NCCN2CCOCC2)n2c1C(=O)CCC2. The summed E-state index contributed by atoms with van der Waals surface area (Å²) in [4.78, 5) is 19.1. The zero-order valence-corrected chi connectivity index (χ0v) is 15.3. The summed E-state index contributed by atoms with van der Waals surface area (Å²) in [5.41, 5.74) is 4.20. The zero-order valence-electron chi connectivity index (χ0n) is 15.3. The molecule has 6 heteroatoms. The molecule has 0 aliphatic carbocycles. The van der Waals surface area contributed by atoms with Crippen LogP contribution < -0.4 is 5.32 Å². The number of pyridine rings is 1. The first-order valence-electron chi connectivity index (χ1n) is 9.46. The van der Waals surface area contributed by atoms with E-state index in [0.717, 1.165) is 80.6 Å². The van der Waals surface area contributed by atoms with Crippen molar-refractivity contribution in [3.05, 3.63) is 35.8 Å². The van der Waals surface area contributed by atoms with Gasteiger partial charge in [0.15, 0.2) is 5.78 Å². The van der Waals surface area contributed by atoms with E-state index < -0.39 is 0 Å². The van der Waals surface area contributed by atoms with E-state index in [1.165, 1.54) is 0 Å². The number of anilines is 1. The molecule has 2 aliphatic rings. The molecule has 0 aromatic carbocycles. The predicted molar refractivity (Wildman–Crippen MR) is 102 cm³/mol. The highest BCUT2D eigenvalue weighted by molar-refractivity contribution is 6.01. The van der Waals surface area contributed by atoms with E-state index in [9.17, 15) is 4.79 Å². The number of ether oxygens (including phenoxy) is 1. The van der Waals surface area contributed by atoms with Crippen LogP contribution in [0.1, 0.15) is 28.9 Å². The Morgan fingerprint density at radius 1 is 1.19 bits per heavy atom. The summed E-state index contributed by atoms with van der Waals surface area (Å²) in [5.74, 6) is 1.33. The first kappa shape index (κ1) is 17.2. The highest BCUT2D eigenvalue weighted by Crippen LogP contribution is 2.38. The number of ketones is 1. The second-order valence-electron chi connectivity index (χ2n) is 6.99. The van der Waals surface area contributed by atoms with Crippen LogP contribution in [0.15, 0.2) is 24.5 Å². The van der Waals surface area contributed by atoms with E-state index in [2.05, 4.69) is 26.7 Å². The molecule has 4 rings (SSSR count). The van der Waals surface area contributed by atoms with Crippen LogP contribution in [-0.4, -0.2) is 59.6 Å². The van der Waals surface area contributed by atoms with Crippen LogP contribution in [0.25, 0.3) is 11.1 Å². The van der Waals surface area contributed by atoms with Gasteiger partial charge in [-0.15, -0.1) is 0 Å². The number of nitrogens with one attached hydrogen (secondary N) is 1. The molecule has 0 spiro atoms. The highest BCUT2D eigenvalue weighted by atomic mass is 16.5. The third kappa shape index (κ3) is 3.27. The average Bonchev–Trinajstić information content (AvgIpc) is 2.96. The third-order valence-corrected chi connectivity index (χ3v) is 5.35. The molecule has 1 fully saturated rings. The van der Waals surface area contributed by atoms with E-state index in [1.54, 1.807) is 0 Å². The lowest BCUT2D eigenvalue weighted by atomic mass is 10.0. The maximum Gasteiger partial charge on any atom is 0.179 e. The summed E-state index contributed by atoms with van der Waals surface area (Å²) in [5, 5.41) is 3.64. The third-order valence-electron chi connectivity index (χ3n) is 5.35. The molecule has 0 bridgehead atoms.